The molecule has 1 saturated carbocycles. The van der Waals surface area contributed by atoms with E-state index in [1.54, 1.807) is 0 Å². The van der Waals surface area contributed by atoms with Crippen molar-refractivity contribution in [2.75, 3.05) is 30.5 Å². The van der Waals surface area contributed by atoms with Gasteiger partial charge in [-0.05, 0) is 36.5 Å². The van der Waals surface area contributed by atoms with Gasteiger partial charge in [-0.3, -0.25) is 18.7 Å². The minimum Gasteiger partial charge on any atom is -0.506 e. The molecule has 0 spiro atoms. The maximum atomic E-state index is 15.0. The Balaban J connectivity index is 1.62. The Bertz CT molecular complexity index is 763. The second-order valence-electron chi connectivity index (χ2n) is 6.47. The first-order valence-corrected chi connectivity index (χ1v) is 9.05. The number of hydrogen-bond donors (Lipinski definition) is 2. The molecule has 2 fully saturated rings. The van der Waals surface area contributed by atoms with Crippen LogP contribution in [-0.2, 0) is 16.0 Å². The molecule has 128 valence electrons. The fraction of sp³-hybridized carbons (Fsp3) is 0.438. The summed E-state index contributed by atoms with van der Waals surface area (Å²) in [6, 6.07) is 2.92. The summed E-state index contributed by atoms with van der Waals surface area (Å²) in [5.74, 6) is -0.663. The second kappa shape index (κ2) is 5.86. The van der Waals surface area contributed by atoms with Crippen LogP contribution in [0.15, 0.2) is 18.2 Å². The molecule has 1 saturated heterocycles. The van der Waals surface area contributed by atoms with Crippen molar-refractivity contribution in [2.45, 2.75) is 12.8 Å². The molecule has 0 aromatic heterocycles. The fourth-order valence-electron chi connectivity index (χ4n) is 3.18. The minimum absolute atomic E-state index is 0.189. The summed E-state index contributed by atoms with van der Waals surface area (Å²) in [4.78, 5) is 13.7. The molecule has 1 amide bonds. The van der Waals surface area contributed by atoms with Crippen molar-refractivity contribution in [1.29, 1.82) is 0 Å². The molecule has 1 aromatic rings. The quantitative estimate of drug-likeness (QED) is 0.854. The summed E-state index contributed by atoms with van der Waals surface area (Å²) in [6.45, 7) is 2.24. The molecule has 1 aliphatic carbocycles. The van der Waals surface area contributed by atoms with E-state index in [1.165, 1.54) is 25.0 Å². The van der Waals surface area contributed by atoms with Crippen molar-refractivity contribution in [3.63, 3.8) is 0 Å². The number of hydrogen-bond acceptors (Lipinski definition) is 4. The zero-order chi connectivity index (χ0) is 16.8. The van der Waals surface area contributed by atoms with Crippen LogP contribution in [0.4, 0.5) is 10.1 Å². The number of phenols is 1. The van der Waals surface area contributed by atoms with Crippen molar-refractivity contribution >= 4 is 28.3 Å². The largest absolute Gasteiger partial charge is 0.506 e. The van der Waals surface area contributed by atoms with Gasteiger partial charge in [0.25, 0.3) is 5.91 Å². The van der Waals surface area contributed by atoms with Gasteiger partial charge in [-0.1, -0.05) is 6.08 Å². The van der Waals surface area contributed by atoms with E-state index in [2.05, 4.69) is 9.62 Å². The molecule has 3 aliphatic rings. The van der Waals surface area contributed by atoms with Gasteiger partial charge in [0, 0.05) is 25.2 Å². The average Bonchev–Trinajstić information content (AvgIpc) is 3.11. The Morgan fingerprint density at radius 3 is 2.79 bits per heavy atom. The van der Waals surface area contributed by atoms with Gasteiger partial charge in [-0.2, -0.15) is 0 Å². The molecule has 8 heteroatoms. The van der Waals surface area contributed by atoms with Crippen molar-refractivity contribution in [3.8, 4) is 5.75 Å². The number of nitrogens with one attached hydrogen (secondary N) is 1. The lowest BCUT2D eigenvalue weighted by atomic mass is 10.0. The van der Waals surface area contributed by atoms with Crippen molar-refractivity contribution < 1.29 is 18.5 Å². The predicted octanol–water partition coefficient (Wildman–Crippen LogP) is 1.16. The summed E-state index contributed by atoms with van der Waals surface area (Å²) in [5.41, 5.74) is 1.06. The normalized spacial score (nSPS) is 24.4. The molecule has 1 unspecified atom stereocenters. The van der Waals surface area contributed by atoms with E-state index in [-0.39, 0.29) is 18.0 Å². The minimum atomic E-state index is -1.87. The summed E-state index contributed by atoms with van der Waals surface area (Å²) in [7, 11) is 0. The number of benzene rings is 1. The third-order valence-electron chi connectivity index (χ3n) is 4.58. The zero-order valence-corrected chi connectivity index (χ0v) is 13.8. The standard InChI is InChI=1S/C16H18FN3O3S/c17-15-12(11-5-6-19(8-11)7-10-1-2-10)3-4-13(21)16(15)20-9-14(22)18-24(20)23/h3-5,10,21H,1-2,6-9H2,(H,18,22). The lowest BCUT2D eigenvalue weighted by Crippen LogP contribution is -2.24. The van der Waals surface area contributed by atoms with Gasteiger partial charge in [0.2, 0.25) is 11.2 Å². The van der Waals surface area contributed by atoms with Crippen LogP contribution < -0.4 is 9.03 Å². The highest BCUT2D eigenvalue weighted by molar-refractivity contribution is 7.85. The summed E-state index contributed by atoms with van der Waals surface area (Å²) >= 11 is -1.87. The zero-order valence-electron chi connectivity index (χ0n) is 13.0. The monoisotopic (exact) mass is 351 g/mol. The molecule has 1 atom stereocenters. The van der Waals surface area contributed by atoms with E-state index >= 15 is 4.39 Å². The predicted molar refractivity (Wildman–Crippen MR) is 88.8 cm³/mol. The highest BCUT2D eigenvalue weighted by Crippen LogP contribution is 2.38. The fourth-order valence-corrected chi connectivity index (χ4v) is 4.13. The SMILES string of the molecule is O=C1CN(c2c(O)ccc(C3=CCN(CC4CC4)C3)c2F)S(=O)N1. The molecule has 24 heavy (non-hydrogen) atoms. The van der Waals surface area contributed by atoms with Gasteiger partial charge < -0.3 is 5.11 Å². The molecule has 0 radical (unpaired) electrons. The smallest absolute Gasteiger partial charge is 0.253 e. The van der Waals surface area contributed by atoms with E-state index in [0.717, 1.165) is 28.9 Å². The number of amides is 1. The molecule has 1 aromatic carbocycles. The summed E-state index contributed by atoms with van der Waals surface area (Å²) in [6.07, 6.45) is 4.53. The Hall–Kier alpha value is -1.93. The van der Waals surface area contributed by atoms with Gasteiger partial charge in [0.05, 0.1) is 0 Å². The van der Waals surface area contributed by atoms with Crippen molar-refractivity contribution in [1.82, 2.24) is 9.62 Å². The van der Waals surface area contributed by atoms with Crippen molar-refractivity contribution in [3.05, 3.63) is 29.6 Å². The molecule has 2 N–H and O–H groups in total. The number of carbonyl (C=O) groups is 1. The first-order valence-electron chi connectivity index (χ1n) is 7.95. The van der Waals surface area contributed by atoms with Crippen LogP contribution in [0.5, 0.6) is 5.75 Å². The molecule has 2 aliphatic heterocycles. The number of phenolic OH excluding ortho intramolecular Hbond substituents is 1. The number of rotatable bonds is 4. The van der Waals surface area contributed by atoms with Gasteiger partial charge in [-0.15, -0.1) is 0 Å². The van der Waals surface area contributed by atoms with E-state index in [9.17, 15) is 14.1 Å². The van der Waals surface area contributed by atoms with Crippen LogP contribution in [0.25, 0.3) is 5.57 Å². The topological polar surface area (TPSA) is 72.9 Å². The Morgan fingerprint density at radius 1 is 1.33 bits per heavy atom. The Kier molecular flexibility index (Phi) is 3.80. The van der Waals surface area contributed by atoms with Gasteiger partial charge in [0.15, 0.2) is 5.82 Å². The van der Waals surface area contributed by atoms with E-state index in [0.29, 0.717) is 12.1 Å². The van der Waals surface area contributed by atoms with E-state index < -0.39 is 22.9 Å². The average molecular weight is 351 g/mol. The van der Waals surface area contributed by atoms with Crippen LogP contribution in [-0.4, -0.2) is 46.3 Å². The van der Waals surface area contributed by atoms with E-state index in [1.807, 2.05) is 6.08 Å². The lowest BCUT2D eigenvalue weighted by Gasteiger charge is -2.19. The maximum absolute atomic E-state index is 15.0. The number of carbonyl (C=O) groups excluding carboxylic acids is 1. The molecule has 6 nitrogen and oxygen atoms in total. The van der Waals surface area contributed by atoms with Gasteiger partial charge in [-0.25, -0.2) is 8.60 Å². The Morgan fingerprint density at radius 2 is 2.12 bits per heavy atom. The first-order chi connectivity index (χ1) is 11.5. The van der Waals surface area contributed by atoms with Crippen LogP contribution in [0, 0.1) is 11.7 Å². The van der Waals surface area contributed by atoms with E-state index in [4.69, 9.17) is 0 Å². The number of halogens is 1. The van der Waals surface area contributed by atoms with Crippen LogP contribution in [0.1, 0.15) is 18.4 Å². The molecule has 4 rings (SSSR count). The number of anilines is 1. The van der Waals surface area contributed by atoms with Gasteiger partial charge in [0.1, 0.15) is 18.0 Å². The molecular formula is C16H18FN3O3S. The molecular weight excluding hydrogens is 333 g/mol. The molecule has 0 bridgehead atoms. The number of nitrogens with zero attached hydrogens (tertiary/aromatic N) is 2. The highest BCUT2D eigenvalue weighted by atomic mass is 32.2. The van der Waals surface area contributed by atoms with Crippen LogP contribution in [0.3, 0.4) is 0 Å². The van der Waals surface area contributed by atoms with Crippen molar-refractivity contribution in [2.24, 2.45) is 5.92 Å². The van der Waals surface area contributed by atoms with Crippen LogP contribution >= 0.6 is 0 Å². The highest BCUT2D eigenvalue weighted by Gasteiger charge is 2.33. The Labute approximate surface area is 141 Å². The maximum Gasteiger partial charge on any atom is 0.253 e. The third kappa shape index (κ3) is 2.80. The van der Waals surface area contributed by atoms with Crippen LogP contribution in [0.2, 0.25) is 0 Å². The summed E-state index contributed by atoms with van der Waals surface area (Å²) in [5, 5.41) is 10.0. The lowest BCUT2D eigenvalue weighted by molar-refractivity contribution is -0.117. The second-order valence-corrected chi connectivity index (χ2v) is 7.62. The summed E-state index contributed by atoms with van der Waals surface area (Å²) < 4.78 is 30.2. The third-order valence-corrected chi connectivity index (χ3v) is 5.70. The molecule has 2 heterocycles. The number of aromatic hydroxyl groups is 1. The van der Waals surface area contributed by atoms with Gasteiger partial charge >= 0.3 is 0 Å². The first kappa shape index (κ1) is 15.6.